The van der Waals surface area contributed by atoms with Crippen molar-refractivity contribution < 1.29 is 9.21 Å². The third-order valence-electron chi connectivity index (χ3n) is 3.65. The summed E-state index contributed by atoms with van der Waals surface area (Å²) in [6.45, 7) is 8.04. The van der Waals surface area contributed by atoms with Crippen molar-refractivity contribution in [1.82, 2.24) is 4.98 Å². The van der Waals surface area contributed by atoms with Gasteiger partial charge in [-0.15, -0.1) is 0 Å². The van der Waals surface area contributed by atoms with E-state index in [1.54, 1.807) is 11.2 Å². The maximum atomic E-state index is 12.9. The number of benzene rings is 1. The number of anilines is 1. The summed E-state index contributed by atoms with van der Waals surface area (Å²) in [5.41, 5.74) is 1.36. The van der Waals surface area contributed by atoms with Crippen molar-refractivity contribution in [3.05, 3.63) is 46.9 Å². The van der Waals surface area contributed by atoms with Crippen LogP contribution in [0.1, 0.15) is 32.1 Å². The lowest BCUT2D eigenvalue weighted by Gasteiger charge is -2.26. The molecule has 0 saturated heterocycles. The number of aryl methyl sites for hydroxylation is 1. The van der Waals surface area contributed by atoms with E-state index in [9.17, 15) is 4.79 Å². The fourth-order valence-electron chi connectivity index (χ4n) is 2.45. The van der Waals surface area contributed by atoms with Crippen LogP contribution >= 0.6 is 22.9 Å². The molecule has 0 aliphatic heterocycles. The number of rotatable bonds is 3. The Hall–Kier alpha value is -1.85. The van der Waals surface area contributed by atoms with Crippen molar-refractivity contribution in [1.29, 1.82) is 0 Å². The summed E-state index contributed by atoms with van der Waals surface area (Å²) >= 11 is 7.61. The Kier molecular flexibility index (Phi) is 4.40. The number of halogens is 1. The normalized spacial score (nSPS) is 11.9. The standard InChI is InChI=1S/C18H19ClN2O2S/c1-11-8-12(19)9-14-15(11)20-17(24-14)21(16(22)18(2,3)4)10-13-6-5-7-23-13/h5-9H,10H2,1-4H3. The molecular weight excluding hydrogens is 344 g/mol. The van der Waals surface area contributed by atoms with Crippen molar-refractivity contribution in [3.8, 4) is 0 Å². The molecule has 126 valence electrons. The van der Waals surface area contributed by atoms with Crippen LogP contribution in [0.5, 0.6) is 0 Å². The van der Waals surface area contributed by atoms with Gasteiger partial charge in [-0.2, -0.15) is 0 Å². The van der Waals surface area contributed by atoms with E-state index >= 15 is 0 Å². The zero-order valence-electron chi connectivity index (χ0n) is 14.1. The first-order valence-corrected chi connectivity index (χ1v) is 8.86. The summed E-state index contributed by atoms with van der Waals surface area (Å²) < 4.78 is 6.40. The van der Waals surface area contributed by atoms with E-state index in [4.69, 9.17) is 21.0 Å². The molecule has 2 heterocycles. The summed E-state index contributed by atoms with van der Waals surface area (Å²) in [7, 11) is 0. The minimum Gasteiger partial charge on any atom is -0.467 e. The molecule has 3 rings (SSSR count). The van der Waals surface area contributed by atoms with Gasteiger partial charge in [0.05, 0.1) is 23.0 Å². The zero-order valence-corrected chi connectivity index (χ0v) is 15.7. The molecule has 6 heteroatoms. The smallest absolute Gasteiger partial charge is 0.234 e. The van der Waals surface area contributed by atoms with Gasteiger partial charge in [-0.1, -0.05) is 43.7 Å². The van der Waals surface area contributed by atoms with E-state index in [0.29, 0.717) is 16.7 Å². The van der Waals surface area contributed by atoms with Gasteiger partial charge in [-0.3, -0.25) is 9.69 Å². The highest BCUT2D eigenvalue weighted by atomic mass is 35.5. The Labute approximate surface area is 150 Å². The lowest BCUT2D eigenvalue weighted by atomic mass is 9.95. The van der Waals surface area contributed by atoms with Crippen LogP contribution in [0.2, 0.25) is 5.02 Å². The number of furan rings is 1. The number of hydrogen-bond acceptors (Lipinski definition) is 4. The molecule has 0 aliphatic carbocycles. The minimum absolute atomic E-state index is 0.00158. The SMILES string of the molecule is Cc1cc(Cl)cc2sc(N(Cc3ccco3)C(=O)C(C)(C)C)nc12. The third kappa shape index (κ3) is 3.32. The van der Waals surface area contributed by atoms with Gasteiger partial charge in [0.15, 0.2) is 5.13 Å². The first-order valence-electron chi connectivity index (χ1n) is 7.67. The summed E-state index contributed by atoms with van der Waals surface area (Å²) in [6, 6.07) is 7.45. The molecule has 0 radical (unpaired) electrons. The van der Waals surface area contributed by atoms with E-state index in [-0.39, 0.29) is 5.91 Å². The van der Waals surface area contributed by atoms with Gasteiger partial charge in [0, 0.05) is 10.4 Å². The van der Waals surface area contributed by atoms with Crippen LogP contribution in [0, 0.1) is 12.3 Å². The van der Waals surface area contributed by atoms with Crippen LogP contribution in [0.4, 0.5) is 5.13 Å². The van der Waals surface area contributed by atoms with Gasteiger partial charge >= 0.3 is 0 Å². The maximum Gasteiger partial charge on any atom is 0.234 e. The lowest BCUT2D eigenvalue weighted by molar-refractivity contribution is -0.126. The van der Waals surface area contributed by atoms with Crippen molar-refractivity contribution >= 4 is 44.2 Å². The first-order chi connectivity index (χ1) is 11.3. The fraction of sp³-hybridized carbons (Fsp3) is 0.333. The van der Waals surface area contributed by atoms with Gasteiger partial charge in [-0.25, -0.2) is 4.98 Å². The second-order valence-electron chi connectivity index (χ2n) is 6.79. The predicted molar refractivity (Wildman–Crippen MR) is 98.7 cm³/mol. The second-order valence-corrected chi connectivity index (χ2v) is 8.23. The summed E-state index contributed by atoms with van der Waals surface area (Å²) in [5.74, 6) is 0.725. The average molecular weight is 363 g/mol. The zero-order chi connectivity index (χ0) is 17.5. The highest BCUT2D eigenvalue weighted by molar-refractivity contribution is 7.22. The van der Waals surface area contributed by atoms with E-state index < -0.39 is 5.41 Å². The van der Waals surface area contributed by atoms with Crippen molar-refractivity contribution in [2.45, 2.75) is 34.2 Å². The number of amides is 1. The highest BCUT2D eigenvalue weighted by Crippen LogP contribution is 2.35. The molecule has 0 fully saturated rings. The molecule has 0 bridgehead atoms. The third-order valence-corrected chi connectivity index (χ3v) is 4.89. The summed E-state index contributed by atoms with van der Waals surface area (Å²) in [5, 5.41) is 1.33. The lowest BCUT2D eigenvalue weighted by Crippen LogP contribution is -2.39. The Morgan fingerprint density at radius 3 is 2.75 bits per heavy atom. The Bertz CT molecular complexity index is 878. The van der Waals surface area contributed by atoms with E-state index in [1.165, 1.54) is 11.3 Å². The van der Waals surface area contributed by atoms with Gasteiger partial charge in [-0.05, 0) is 36.8 Å². The molecule has 1 aromatic carbocycles. The molecule has 2 aromatic heterocycles. The van der Waals surface area contributed by atoms with Crippen molar-refractivity contribution in [2.24, 2.45) is 5.41 Å². The molecule has 0 unspecified atom stereocenters. The second kappa shape index (κ2) is 6.22. The topological polar surface area (TPSA) is 46.3 Å². The van der Waals surface area contributed by atoms with Crippen LogP contribution in [-0.2, 0) is 11.3 Å². The number of hydrogen-bond donors (Lipinski definition) is 0. The number of nitrogens with zero attached hydrogens (tertiary/aromatic N) is 2. The Morgan fingerprint density at radius 1 is 1.38 bits per heavy atom. The van der Waals surface area contributed by atoms with Crippen LogP contribution in [0.3, 0.4) is 0 Å². The molecule has 0 aliphatic rings. The monoisotopic (exact) mass is 362 g/mol. The van der Waals surface area contributed by atoms with Gasteiger partial charge in [0.1, 0.15) is 5.76 Å². The molecule has 4 nitrogen and oxygen atoms in total. The number of carbonyl (C=O) groups excluding carboxylic acids is 1. The average Bonchev–Trinajstić information content (AvgIpc) is 3.11. The van der Waals surface area contributed by atoms with E-state index in [1.807, 2.05) is 52.0 Å². The van der Waals surface area contributed by atoms with Crippen molar-refractivity contribution in [2.75, 3.05) is 4.90 Å². The molecule has 0 saturated carbocycles. The molecule has 24 heavy (non-hydrogen) atoms. The van der Waals surface area contributed by atoms with Gasteiger partial charge in [0.2, 0.25) is 5.91 Å². The maximum absolute atomic E-state index is 12.9. The summed E-state index contributed by atoms with van der Waals surface area (Å²) in [4.78, 5) is 19.3. The largest absolute Gasteiger partial charge is 0.467 e. The number of thiazole rings is 1. The number of fused-ring (bicyclic) bond motifs is 1. The predicted octanol–water partition coefficient (Wildman–Crippen LogP) is 5.43. The minimum atomic E-state index is -0.517. The molecule has 0 N–H and O–H groups in total. The number of carbonyl (C=O) groups is 1. The first kappa shape index (κ1) is 17.0. The van der Waals surface area contributed by atoms with Crippen LogP contribution in [0.25, 0.3) is 10.2 Å². The fourth-order valence-corrected chi connectivity index (χ4v) is 3.87. The highest BCUT2D eigenvalue weighted by Gasteiger charge is 2.31. The van der Waals surface area contributed by atoms with Crippen LogP contribution in [0.15, 0.2) is 34.9 Å². The molecule has 1 amide bonds. The molecule has 0 atom stereocenters. The molecular formula is C18H19ClN2O2S. The van der Waals surface area contributed by atoms with Crippen LogP contribution in [-0.4, -0.2) is 10.9 Å². The van der Waals surface area contributed by atoms with Crippen LogP contribution < -0.4 is 4.90 Å². The Balaban J connectivity index is 2.07. The van der Waals surface area contributed by atoms with E-state index in [0.717, 1.165) is 21.5 Å². The molecule has 3 aromatic rings. The Morgan fingerprint density at radius 2 is 2.12 bits per heavy atom. The van der Waals surface area contributed by atoms with E-state index in [2.05, 4.69) is 0 Å². The van der Waals surface area contributed by atoms with Gasteiger partial charge in [0.25, 0.3) is 0 Å². The molecule has 0 spiro atoms. The number of aromatic nitrogens is 1. The van der Waals surface area contributed by atoms with Crippen molar-refractivity contribution in [3.63, 3.8) is 0 Å². The van der Waals surface area contributed by atoms with Gasteiger partial charge < -0.3 is 4.42 Å². The summed E-state index contributed by atoms with van der Waals surface area (Å²) in [6.07, 6.45) is 1.61. The quantitative estimate of drug-likeness (QED) is 0.624.